The highest BCUT2D eigenvalue weighted by atomic mass is 32.2. The first-order valence-corrected chi connectivity index (χ1v) is 8.99. The van der Waals surface area contributed by atoms with Gasteiger partial charge in [-0.1, -0.05) is 31.4 Å². The Morgan fingerprint density at radius 2 is 2.00 bits per heavy atom. The van der Waals surface area contributed by atoms with Crippen molar-refractivity contribution in [2.45, 2.75) is 62.1 Å². The van der Waals surface area contributed by atoms with E-state index in [1.807, 2.05) is 13.0 Å². The minimum absolute atomic E-state index is 0.0375. The normalized spacial score (nSPS) is 25.3. The zero-order chi connectivity index (χ0) is 15.5. The zero-order valence-electron chi connectivity index (χ0n) is 12.3. The molecule has 3 atom stereocenters. The molecule has 0 bridgehead atoms. The van der Waals surface area contributed by atoms with E-state index in [2.05, 4.69) is 5.32 Å². The first kappa shape index (κ1) is 16.4. The molecule has 21 heavy (non-hydrogen) atoms. The van der Waals surface area contributed by atoms with Crippen LogP contribution in [0.3, 0.4) is 0 Å². The number of nitrogens with two attached hydrogens (primary N) is 1. The summed E-state index contributed by atoms with van der Waals surface area (Å²) < 4.78 is 22.8. The van der Waals surface area contributed by atoms with E-state index in [4.69, 9.17) is 5.14 Å². The first-order valence-electron chi connectivity index (χ1n) is 7.45. The Kier molecular flexibility index (Phi) is 5.37. The molecule has 3 unspecified atom stereocenters. The van der Waals surface area contributed by atoms with E-state index in [-0.39, 0.29) is 23.1 Å². The highest BCUT2D eigenvalue weighted by Crippen LogP contribution is 2.22. The number of hydrogen-bond donors (Lipinski definition) is 3. The molecular formula is C15H24N2O3S. The van der Waals surface area contributed by atoms with Gasteiger partial charge in [0.05, 0.1) is 11.0 Å². The van der Waals surface area contributed by atoms with Gasteiger partial charge in [0.15, 0.2) is 0 Å². The van der Waals surface area contributed by atoms with Gasteiger partial charge in [-0.15, -0.1) is 0 Å². The Hall–Kier alpha value is -0.950. The molecule has 0 spiro atoms. The van der Waals surface area contributed by atoms with Gasteiger partial charge in [-0.25, -0.2) is 13.6 Å². The van der Waals surface area contributed by atoms with Crippen LogP contribution in [0.5, 0.6) is 0 Å². The molecule has 0 aliphatic heterocycles. The van der Waals surface area contributed by atoms with Gasteiger partial charge in [0.2, 0.25) is 10.0 Å². The number of nitrogens with one attached hydrogen (secondary N) is 1. The van der Waals surface area contributed by atoms with E-state index in [1.54, 1.807) is 12.1 Å². The summed E-state index contributed by atoms with van der Waals surface area (Å²) in [5, 5.41) is 18.7. The van der Waals surface area contributed by atoms with Crippen molar-refractivity contribution in [2.24, 2.45) is 5.14 Å². The summed E-state index contributed by atoms with van der Waals surface area (Å²) in [6.07, 6.45) is 4.76. The van der Waals surface area contributed by atoms with E-state index in [1.165, 1.54) is 6.07 Å². The third kappa shape index (κ3) is 4.51. The van der Waals surface area contributed by atoms with E-state index in [0.717, 1.165) is 37.7 Å². The summed E-state index contributed by atoms with van der Waals surface area (Å²) in [6.45, 7) is 1.97. The number of rotatable bonds is 4. The summed E-state index contributed by atoms with van der Waals surface area (Å²) in [4.78, 5) is 0.120. The van der Waals surface area contributed by atoms with E-state index in [9.17, 15) is 13.5 Å². The lowest BCUT2D eigenvalue weighted by Crippen LogP contribution is -2.40. The first-order chi connectivity index (χ1) is 9.88. The van der Waals surface area contributed by atoms with Crippen molar-refractivity contribution in [3.8, 4) is 0 Å². The van der Waals surface area contributed by atoms with Crippen LogP contribution in [0.25, 0.3) is 0 Å². The maximum absolute atomic E-state index is 11.4. The maximum atomic E-state index is 11.4. The fraction of sp³-hybridized carbons (Fsp3) is 0.600. The predicted octanol–water partition coefficient (Wildman–Crippen LogP) is 1.68. The molecule has 0 radical (unpaired) electrons. The van der Waals surface area contributed by atoms with E-state index < -0.39 is 10.0 Å². The molecule has 1 aromatic carbocycles. The highest BCUT2D eigenvalue weighted by Gasteiger charge is 2.23. The van der Waals surface area contributed by atoms with Crippen LogP contribution in [0.1, 0.15) is 50.6 Å². The number of benzene rings is 1. The van der Waals surface area contributed by atoms with Crippen LogP contribution in [0.4, 0.5) is 0 Å². The maximum Gasteiger partial charge on any atom is 0.238 e. The Morgan fingerprint density at radius 3 is 2.71 bits per heavy atom. The molecule has 1 fully saturated rings. The third-order valence-corrected chi connectivity index (χ3v) is 5.04. The summed E-state index contributed by atoms with van der Waals surface area (Å²) in [5.41, 5.74) is 0.859. The van der Waals surface area contributed by atoms with Gasteiger partial charge in [0, 0.05) is 12.1 Å². The monoisotopic (exact) mass is 312 g/mol. The lowest BCUT2D eigenvalue weighted by atomic mass is 10.0. The third-order valence-electron chi connectivity index (χ3n) is 4.13. The van der Waals surface area contributed by atoms with Gasteiger partial charge in [-0.05, 0) is 37.5 Å². The molecule has 118 valence electrons. The second-order valence-electron chi connectivity index (χ2n) is 5.82. The van der Waals surface area contributed by atoms with Crippen LogP contribution < -0.4 is 10.5 Å². The van der Waals surface area contributed by atoms with Gasteiger partial charge >= 0.3 is 0 Å². The standard InChI is InChI=1S/C15H24N2O3S/c1-11(17-14-8-3-2-4-9-15(14)18)12-6-5-7-13(10-12)21(16,19)20/h5-7,10-11,14-15,17-18H,2-4,8-9H2,1H3,(H2,16,19,20). The van der Waals surface area contributed by atoms with E-state index in [0.29, 0.717) is 0 Å². The van der Waals surface area contributed by atoms with Crippen LogP contribution in [-0.4, -0.2) is 25.7 Å². The van der Waals surface area contributed by atoms with Crippen molar-refractivity contribution in [2.75, 3.05) is 0 Å². The topological polar surface area (TPSA) is 92.4 Å². The molecule has 6 heteroatoms. The predicted molar refractivity (Wildman–Crippen MR) is 82.2 cm³/mol. The smallest absolute Gasteiger partial charge is 0.238 e. The number of sulfonamides is 1. The Balaban J connectivity index is 2.11. The van der Waals surface area contributed by atoms with Gasteiger partial charge < -0.3 is 10.4 Å². The summed E-state index contributed by atoms with van der Waals surface area (Å²) >= 11 is 0. The summed E-state index contributed by atoms with van der Waals surface area (Å²) in [7, 11) is -3.69. The average molecular weight is 312 g/mol. The molecule has 0 saturated heterocycles. The molecule has 0 aromatic heterocycles. The number of aliphatic hydroxyl groups excluding tert-OH is 1. The lowest BCUT2D eigenvalue weighted by Gasteiger charge is -2.26. The molecule has 2 rings (SSSR count). The van der Waals surface area contributed by atoms with Crippen LogP contribution in [-0.2, 0) is 10.0 Å². The van der Waals surface area contributed by atoms with Crippen molar-refractivity contribution in [1.82, 2.24) is 5.32 Å². The second-order valence-corrected chi connectivity index (χ2v) is 7.38. The Labute approximate surface area is 126 Å². The second kappa shape index (κ2) is 6.87. The van der Waals surface area contributed by atoms with Crippen molar-refractivity contribution in [1.29, 1.82) is 0 Å². The Morgan fingerprint density at radius 1 is 1.29 bits per heavy atom. The SMILES string of the molecule is CC(NC1CCCCCC1O)c1cccc(S(N)(=O)=O)c1. The Bertz CT molecular complexity index is 574. The minimum atomic E-state index is -3.69. The molecule has 1 aliphatic rings. The molecule has 4 N–H and O–H groups in total. The number of primary sulfonamides is 1. The van der Waals surface area contributed by atoms with Gasteiger partial charge in [0.25, 0.3) is 0 Å². The summed E-state index contributed by atoms with van der Waals surface area (Å²) in [5.74, 6) is 0. The largest absolute Gasteiger partial charge is 0.392 e. The number of hydrogen-bond acceptors (Lipinski definition) is 4. The highest BCUT2D eigenvalue weighted by molar-refractivity contribution is 7.89. The zero-order valence-corrected chi connectivity index (χ0v) is 13.1. The van der Waals surface area contributed by atoms with Crippen molar-refractivity contribution >= 4 is 10.0 Å². The lowest BCUT2D eigenvalue weighted by molar-refractivity contribution is 0.115. The van der Waals surface area contributed by atoms with Crippen molar-refractivity contribution in [3.63, 3.8) is 0 Å². The van der Waals surface area contributed by atoms with Crippen molar-refractivity contribution < 1.29 is 13.5 Å². The molecule has 1 aliphatic carbocycles. The van der Waals surface area contributed by atoms with E-state index >= 15 is 0 Å². The molecule has 1 aromatic rings. The van der Waals surface area contributed by atoms with Crippen LogP contribution in [0.15, 0.2) is 29.2 Å². The minimum Gasteiger partial charge on any atom is -0.392 e. The van der Waals surface area contributed by atoms with Gasteiger partial charge in [-0.3, -0.25) is 0 Å². The van der Waals surface area contributed by atoms with Crippen molar-refractivity contribution in [3.05, 3.63) is 29.8 Å². The van der Waals surface area contributed by atoms with Crippen LogP contribution >= 0.6 is 0 Å². The summed E-state index contributed by atoms with van der Waals surface area (Å²) in [6, 6.07) is 6.67. The molecule has 0 amide bonds. The van der Waals surface area contributed by atoms with Gasteiger partial charge in [-0.2, -0.15) is 0 Å². The van der Waals surface area contributed by atoms with Crippen LogP contribution in [0.2, 0.25) is 0 Å². The molecular weight excluding hydrogens is 288 g/mol. The molecule has 1 saturated carbocycles. The van der Waals surface area contributed by atoms with Crippen LogP contribution in [0, 0.1) is 0 Å². The molecule has 5 nitrogen and oxygen atoms in total. The fourth-order valence-corrected chi connectivity index (χ4v) is 3.43. The number of aliphatic hydroxyl groups is 1. The molecule has 0 heterocycles. The quantitative estimate of drug-likeness (QED) is 0.738. The van der Waals surface area contributed by atoms with Gasteiger partial charge in [0.1, 0.15) is 0 Å². The average Bonchev–Trinajstić information content (AvgIpc) is 2.63. The fourth-order valence-electron chi connectivity index (χ4n) is 2.86.